The van der Waals surface area contributed by atoms with Gasteiger partial charge in [-0.3, -0.25) is 0 Å². The fourth-order valence-electron chi connectivity index (χ4n) is 0. The molecule has 0 bridgehead atoms. The van der Waals surface area contributed by atoms with Gasteiger partial charge in [-0.2, -0.15) is 7.82 Å². The van der Waals surface area contributed by atoms with Crippen molar-refractivity contribution in [2.24, 2.45) is 0 Å². The number of hydrogen-bond acceptors (Lipinski definition) is 4. The van der Waals surface area contributed by atoms with Crippen LogP contribution in [0.4, 0.5) is 0 Å². The van der Waals surface area contributed by atoms with E-state index in [1.807, 2.05) is 0 Å². The summed E-state index contributed by atoms with van der Waals surface area (Å²) >= 11 is 0. The summed E-state index contributed by atoms with van der Waals surface area (Å²) in [4.78, 5) is 25.6. The van der Waals surface area contributed by atoms with E-state index in [2.05, 4.69) is 0 Å². The smallest absolute Gasteiger partial charge is 0 e. The summed E-state index contributed by atoms with van der Waals surface area (Å²) in [6.07, 6.45) is 0. The topological polar surface area (TPSA) is 86.2 Å². The quantitative estimate of drug-likeness (QED) is 0.309. The molecule has 0 fully saturated rings. The van der Waals surface area contributed by atoms with Crippen LogP contribution in [0.15, 0.2) is 0 Å². The van der Waals surface area contributed by atoms with Crippen molar-refractivity contribution in [1.82, 2.24) is 0 Å². The Morgan fingerprint density at radius 1 is 1.12 bits per heavy atom. The molecule has 0 heterocycles. The summed E-state index contributed by atoms with van der Waals surface area (Å²) in [5.74, 6) is 0. The van der Waals surface area contributed by atoms with E-state index in [-0.39, 0.29) is 53.0 Å². The molecule has 0 saturated carbocycles. The van der Waals surface area contributed by atoms with Crippen molar-refractivity contribution in [2.45, 2.75) is 0 Å². The van der Waals surface area contributed by atoms with Gasteiger partial charge in [-0.15, -0.1) is 0 Å². The SMILES string of the molecule is O=P([O-])([O-])[O-].[Fe+3].[LiH].[Mn]. The molecule has 0 atom stereocenters. The summed E-state index contributed by atoms with van der Waals surface area (Å²) in [6.45, 7) is 0. The summed E-state index contributed by atoms with van der Waals surface area (Å²) < 4.78 is 8.55. The van der Waals surface area contributed by atoms with Crippen LogP contribution in [0, 0.1) is 0 Å². The Morgan fingerprint density at radius 3 is 1.12 bits per heavy atom. The van der Waals surface area contributed by atoms with Gasteiger partial charge in [0.05, 0.1) is 0 Å². The van der Waals surface area contributed by atoms with Gasteiger partial charge in [0, 0.05) is 17.1 Å². The number of phosphoric acid groups is 1. The molecular formula is HFeLiMnO4P. The molecule has 0 aromatic carbocycles. The molecule has 8 heavy (non-hydrogen) atoms. The zero-order valence-corrected chi connectivity index (χ0v) is 5.99. The fourth-order valence-corrected chi connectivity index (χ4v) is 0. The van der Waals surface area contributed by atoms with Crippen LogP contribution < -0.4 is 14.7 Å². The minimum absolute atomic E-state index is 0. The third-order valence-corrected chi connectivity index (χ3v) is 0. The molecule has 46 valence electrons. The van der Waals surface area contributed by atoms with Crippen molar-refractivity contribution in [2.75, 3.05) is 0 Å². The minimum atomic E-state index is -5.39. The molecule has 0 aromatic rings. The first-order chi connectivity index (χ1) is 2.00. The van der Waals surface area contributed by atoms with Crippen LogP contribution >= 0.6 is 7.82 Å². The Bertz CT molecular complexity index is 62.2. The standard InChI is InChI=1S/Fe.Li.Mn.H3O4P.H/c;;;1-5(2,3)4;/h;;;(H3,1,2,3,4);/q+3;;;;/p-3. The summed E-state index contributed by atoms with van der Waals surface area (Å²) in [5, 5.41) is 0. The normalized spacial score (nSPS) is 7.38. The van der Waals surface area contributed by atoms with E-state index in [0.29, 0.717) is 0 Å². The van der Waals surface area contributed by atoms with Gasteiger partial charge in [0.1, 0.15) is 0 Å². The van der Waals surface area contributed by atoms with E-state index >= 15 is 0 Å². The Hall–Kier alpha value is 1.75. The van der Waals surface area contributed by atoms with Gasteiger partial charge in [-0.05, 0) is 0 Å². The second kappa shape index (κ2) is 8.75. The molecule has 0 aliphatic carbocycles. The number of hydrogen-bond donors (Lipinski definition) is 0. The predicted molar refractivity (Wildman–Crippen MR) is 14.8 cm³/mol. The Kier molecular flexibility index (Phi) is 24.7. The molecule has 0 rings (SSSR count). The molecule has 4 nitrogen and oxygen atoms in total. The van der Waals surface area contributed by atoms with Gasteiger partial charge in [0.2, 0.25) is 0 Å². The van der Waals surface area contributed by atoms with Crippen molar-refractivity contribution in [3.63, 3.8) is 0 Å². The Labute approximate surface area is 79.8 Å². The zero-order chi connectivity index (χ0) is 4.50. The van der Waals surface area contributed by atoms with Crippen molar-refractivity contribution < 1.29 is 53.4 Å². The summed E-state index contributed by atoms with van der Waals surface area (Å²) in [6, 6.07) is 0. The van der Waals surface area contributed by atoms with E-state index in [1.54, 1.807) is 0 Å². The third kappa shape index (κ3) is 116. The Morgan fingerprint density at radius 2 is 1.12 bits per heavy atom. The van der Waals surface area contributed by atoms with Gasteiger partial charge in [-0.25, -0.2) is 0 Å². The molecule has 0 spiro atoms. The molecule has 0 aliphatic heterocycles. The second-order valence-electron chi connectivity index (χ2n) is 0.447. The van der Waals surface area contributed by atoms with Crippen molar-refractivity contribution >= 4 is 26.7 Å². The van der Waals surface area contributed by atoms with Crippen LogP contribution in [-0.2, 0) is 38.7 Å². The van der Waals surface area contributed by atoms with E-state index in [0.717, 1.165) is 0 Å². The number of rotatable bonds is 0. The van der Waals surface area contributed by atoms with Gasteiger partial charge in [0.25, 0.3) is 0 Å². The molecule has 0 amide bonds. The van der Waals surface area contributed by atoms with Gasteiger partial charge < -0.3 is 19.2 Å². The monoisotopic (exact) mass is 214 g/mol. The van der Waals surface area contributed by atoms with Crippen LogP contribution in [0.25, 0.3) is 0 Å². The van der Waals surface area contributed by atoms with Crippen LogP contribution in [0.3, 0.4) is 0 Å². The van der Waals surface area contributed by atoms with Crippen LogP contribution in [-0.4, -0.2) is 18.9 Å². The molecule has 0 saturated heterocycles. The van der Waals surface area contributed by atoms with Gasteiger partial charge in [0.15, 0.2) is 0 Å². The Balaban J connectivity index is -0.0000000267. The molecular weight excluding hydrogens is 213 g/mol. The van der Waals surface area contributed by atoms with Crippen LogP contribution in [0.2, 0.25) is 0 Å². The first kappa shape index (κ1) is 22.6. The largest absolute Gasteiger partial charge is 0 e. The maximum Gasteiger partial charge on any atom is 0 e. The average molecular weight is 214 g/mol. The summed E-state index contributed by atoms with van der Waals surface area (Å²) in [7, 11) is -5.39. The molecule has 0 N–H and O–H groups in total. The zero-order valence-electron chi connectivity index (χ0n) is 2.81. The molecule has 0 aliphatic rings. The van der Waals surface area contributed by atoms with Crippen LogP contribution in [0.1, 0.15) is 0 Å². The van der Waals surface area contributed by atoms with E-state index in [4.69, 9.17) is 19.2 Å². The molecule has 0 unspecified atom stereocenters. The summed E-state index contributed by atoms with van der Waals surface area (Å²) in [5.41, 5.74) is 0. The second-order valence-corrected chi connectivity index (χ2v) is 1.34. The van der Waals surface area contributed by atoms with Gasteiger partial charge >= 0.3 is 35.9 Å². The van der Waals surface area contributed by atoms with Crippen molar-refractivity contribution in [3.05, 3.63) is 0 Å². The van der Waals surface area contributed by atoms with E-state index < -0.39 is 7.82 Å². The van der Waals surface area contributed by atoms with Gasteiger partial charge in [-0.1, -0.05) is 0 Å². The van der Waals surface area contributed by atoms with Crippen molar-refractivity contribution in [1.29, 1.82) is 0 Å². The average Bonchev–Trinajstić information content (AvgIpc) is 0.722. The first-order valence-electron chi connectivity index (χ1n) is 0.730. The third-order valence-electron chi connectivity index (χ3n) is 0. The first-order valence-corrected chi connectivity index (χ1v) is 2.19. The van der Waals surface area contributed by atoms with Crippen LogP contribution in [0.5, 0.6) is 0 Å². The molecule has 0 aromatic heterocycles. The minimum Gasteiger partial charge on any atom is 0 e. The molecule has 8 heteroatoms. The van der Waals surface area contributed by atoms with Crippen molar-refractivity contribution in [3.8, 4) is 0 Å². The van der Waals surface area contributed by atoms with E-state index in [9.17, 15) is 0 Å². The maximum atomic E-state index is 8.55. The predicted octanol–water partition coefficient (Wildman–Crippen LogP) is -3.48. The fraction of sp³-hybridized carbons (Fsp3) is 0. The molecule has 2 radical (unpaired) electrons. The van der Waals surface area contributed by atoms with E-state index in [1.165, 1.54) is 0 Å². The maximum absolute atomic E-state index is 8.55.